The van der Waals surface area contributed by atoms with E-state index in [1.165, 1.54) is 32.8 Å². The van der Waals surface area contributed by atoms with E-state index < -0.39 is 0 Å². The van der Waals surface area contributed by atoms with E-state index >= 15 is 0 Å². The summed E-state index contributed by atoms with van der Waals surface area (Å²) in [5, 5.41) is 3.50. The second-order valence-corrected chi connectivity index (χ2v) is 5.92. The van der Waals surface area contributed by atoms with Crippen LogP contribution in [0, 0.1) is 11.8 Å². The van der Waals surface area contributed by atoms with Crippen LogP contribution in [0.2, 0.25) is 0 Å². The molecule has 0 aliphatic heterocycles. The van der Waals surface area contributed by atoms with E-state index in [4.69, 9.17) is 4.74 Å². The summed E-state index contributed by atoms with van der Waals surface area (Å²) in [4.78, 5) is 11.7. The van der Waals surface area contributed by atoms with Gasteiger partial charge < -0.3 is 10.1 Å². The zero-order valence-corrected chi connectivity index (χ0v) is 12.5. The fourth-order valence-electron chi connectivity index (χ4n) is 3.14. The predicted molar refractivity (Wildman–Crippen MR) is 80.6 cm³/mol. The number of benzene rings is 1. The van der Waals surface area contributed by atoms with Gasteiger partial charge in [0, 0.05) is 6.54 Å². The van der Waals surface area contributed by atoms with Crippen LogP contribution >= 0.6 is 0 Å². The van der Waals surface area contributed by atoms with Gasteiger partial charge in [0.2, 0.25) is 0 Å². The van der Waals surface area contributed by atoms with E-state index in [1.807, 2.05) is 24.3 Å². The monoisotopic (exact) mass is 275 g/mol. The number of nitrogens with one attached hydrogen (secondary N) is 1. The summed E-state index contributed by atoms with van der Waals surface area (Å²) in [7, 11) is 1.43. The molecule has 2 rings (SSSR count). The van der Waals surface area contributed by atoms with Crippen LogP contribution in [0.3, 0.4) is 0 Å². The third-order valence-electron chi connectivity index (χ3n) is 4.22. The van der Waals surface area contributed by atoms with Crippen LogP contribution in [0.5, 0.6) is 0 Å². The molecule has 2 atom stereocenters. The van der Waals surface area contributed by atoms with Gasteiger partial charge in [-0.2, -0.15) is 0 Å². The molecule has 20 heavy (non-hydrogen) atoms. The van der Waals surface area contributed by atoms with Crippen LogP contribution in [-0.4, -0.2) is 19.6 Å². The maximum absolute atomic E-state index is 11.7. The molecule has 2 unspecified atom stereocenters. The molecule has 0 spiro atoms. The first-order chi connectivity index (χ1) is 9.70. The number of ether oxygens (including phenoxy) is 1. The van der Waals surface area contributed by atoms with Crippen molar-refractivity contribution in [3.05, 3.63) is 35.4 Å². The van der Waals surface area contributed by atoms with Crippen molar-refractivity contribution in [2.75, 3.05) is 13.7 Å². The van der Waals surface area contributed by atoms with Gasteiger partial charge in [-0.1, -0.05) is 38.0 Å². The van der Waals surface area contributed by atoms with Gasteiger partial charge in [0.15, 0.2) is 0 Å². The van der Waals surface area contributed by atoms with Crippen LogP contribution in [0.4, 0.5) is 0 Å². The maximum Gasteiger partial charge on any atom is 0.338 e. The SMILES string of the molecule is COC(=O)c1ccccc1CNCC1CCCC(C)C1. The van der Waals surface area contributed by atoms with Crippen LogP contribution in [-0.2, 0) is 11.3 Å². The first-order valence-corrected chi connectivity index (χ1v) is 7.57. The quantitative estimate of drug-likeness (QED) is 0.837. The fourth-order valence-corrected chi connectivity index (χ4v) is 3.14. The number of methoxy groups -OCH3 is 1. The van der Waals surface area contributed by atoms with Crippen molar-refractivity contribution in [1.82, 2.24) is 5.32 Å². The summed E-state index contributed by atoms with van der Waals surface area (Å²) in [6.45, 7) is 4.12. The molecule has 1 aromatic carbocycles. The minimum absolute atomic E-state index is 0.256. The molecule has 3 heteroatoms. The summed E-state index contributed by atoms with van der Waals surface area (Å²) in [5.41, 5.74) is 1.68. The molecule has 0 saturated heterocycles. The largest absolute Gasteiger partial charge is 0.465 e. The molecule has 0 bridgehead atoms. The average Bonchev–Trinajstić information content (AvgIpc) is 2.47. The normalized spacial score (nSPS) is 22.5. The van der Waals surface area contributed by atoms with Crippen molar-refractivity contribution >= 4 is 5.97 Å². The van der Waals surface area contributed by atoms with Gasteiger partial charge in [-0.05, 0) is 42.9 Å². The van der Waals surface area contributed by atoms with Gasteiger partial charge in [0.25, 0.3) is 0 Å². The predicted octanol–water partition coefficient (Wildman–Crippen LogP) is 3.39. The Morgan fingerprint density at radius 2 is 2.15 bits per heavy atom. The first-order valence-electron chi connectivity index (χ1n) is 7.57. The molecule has 3 nitrogen and oxygen atoms in total. The number of rotatable bonds is 5. The molecule has 0 amide bonds. The van der Waals surface area contributed by atoms with Crippen molar-refractivity contribution < 1.29 is 9.53 Å². The van der Waals surface area contributed by atoms with E-state index in [-0.39, 0.29) is 5.97 Å². The highest BCUT2D eigenvalue weighted by atomic mass is 16.5. The lowest BCUT2D eigenvalue weighted by molar-refractivity contribution is 0.0599. The van der Waals surface area contributed by atoms with Crippen LogP contribution in [0.1, 0.15) is 48.5 Å². The number of esters is 1. The summed E-state index contributed by atoms with van der Waals surface area (Å²) in [6, 6.07) is 7.65. The second kappa shape index (κ2) is 7.44. The molecule has 0 radical (unpaired) electrons. The lowest BCUT2D eigenvalue weighted by Gasteiger charge is -2.27. The van der Waals surface area contributed by atoms with Crippen molar-refractivity contribution in [2.45, 2.75) is 39.2 Å². The highest BCUT2D eigenvalue weighted by Gasteiger charge is 2.18. The lowest BCUT2D eigenvalue weighted by Crippen LogP contribution is -2.27. The van der Waals surface area contributed by atoms with Crippen LogP contribution < -0.4 is 5.32 Å². The molecule has 1 aromatic rings. The molecule has 1 aliphatic carbocycles. The van der Waals surface area contributed by atoms with E-state index in [2.05, 4.69) is 12.2 Å². The summed E-state index contributed by atoms with van der Waals surface area (Å²) in [6.07, 6.45) is 5.38. The Labute approximate surface area is 121 Å². The van der Waals surface area contributed by atoms with Gasteiger partial charge in [0.1, 0.15) is 0 Å². The Balaban J connectivity index is 1.86. The van der Waals surface area contributed by atoms with Gasteiger partial charge >= 0.3 is 5.97 Å². The smallest absolute Gasteiger partial charge is 0.338 e. The Hall–Kier alpha value is -1.35. The van der Waals surface area contributed by atoms with Crippen molar-refractivity contribution in [3.8, 4) is 0 Å². The average molecular weight is 275 g/mol. The van der Waals surface area contributed by atoms with Gasteiger partial charge in [-0.25, -0.2) is 4.79 Å². The van der Waals surface area contributed by atoms with Gasteiger partial charge in [-0.15, -0.1) is 0 Å². The Kier molecular flexibility index (Phi) is 5.60. The number of carbonyl (C=O) groups is 1. The summed E-state index contributed by atoms with van der Waals surface area (Å²) >= 11 is 0. The maximum atomic E-state index is 11.7. The van der Waals surface area contributed by atoms with E-state index in [0.29, 0.717) is 5.56 Å². The van der Waals surface area contributed by atoms with E-state index in [9.17, 15) is 4.79 Å². The van der Waals surface area contributed by atoms with E-state index in [0.717, 1.165) is 30.5 Å². The fraction of sp³-hybridized carbons (Fsp3) is 0.588. The Bertz CT molecular complexity index is 444. The van der Waals surface area contributed by atoms with Gasteiger partial charge in [0.05, 0.1) is 12.7 Å². The van der Waals surface area contributed by atoms with Crippen molar-refractivity contribution in [1.29, 1.82) is 0 Å². The molecular formula is C17H25NO2. The highest BCUT2D eigenvalue weighted by Crippen LogP contribution is 2.28. The Morgan fingerprint density at radius 1 is 1.35 bits per heavy atom. The lowest BCUT2D eigenvalue weighted by atomic mass is 9.82. The summed E-state index contributed by atoms with van der Waals surface area (Å²) < 4.78 is 4.82. The molecule has 1 N–H and O–H groups in total. The second-order valence-electron chi connectivity index (χ2n) is 5.92. The number of carbonyl (C=O) groups excluding carboxylic acids is 1. The molecule has 1 saturated carbocycles. The van der Waals surface area contributed by atoms with Crippen LogP contribution in [0.25, 0.3) is 0 Å². The molecule has 110 valence electrons. The topological polar surface area (TPSA) is 38.3 Å². The number of hydrogen-bond acceptors (Lipinski definition) is 3. The number of hydrogen-bond donors (Lipinski definition) is 1. The zero-order valence-electron chi connectivity index (χ0n) is 12.5. The molecular weight excluding hydrogens is 250 g/mol. The van der Waals surface area contributed by atoms with E-state index in [1.54, 1.807) is 0 Å². The summed E-state index contributed by atoms with van der Waals surface area (Å²) in [5.74, 6) is 1.38. The standard InChI is InChI=1S/C17H25NO2/c1-13-6-5-7-14(10-13)11-18-12-15-8-3-4-9-16(15)17(19)20-2/h3-4,8-9,13-14,18H,5-7,10-12H2,1-2H3. The molecule has 0 aromatic heterocycles. The Morgan fingerprint density at radius 3 is 2.90 bits per heavy atom. The molecule has 0 heterocycles. The zero-order chi connectivity index (χ0) is 14.4. The first kappa shape index (κ1) is 15.0. The van der Waals surface area contributed by atoms with Crippen LogP contribution in [0.15, 0.2) is 24.3 Å². The van der Waals surface area contributed by atoms with Gasteiger partial charge in [-0.3, -0.25) is 0 Å². The third-order valence-corrected chi connectivity index (χ3v) is 4.22. The third kappa shape index (κ3) is 4.07. The molecule has 1 fully saturated rings. The highest BCUT2D eigenvalue weighted by molar-refractivity contribution is 5.90. The minimum atomic E-state index is -0.256. The molecule has 1 aliphatic rings. The van der Waals surface area contributed by atoms with Crippen molar-refractivity contribution in [2.24, 2.45) is 11.8 Å². The van der Waals surface area contributed by atoms with Crippen molar-refractivity contribution in [3.63, 3.8) is 0 Å². The minimum Gasteiger partial charge on any atom is -0.465 e.